The van der Waals surface area contributed by atoms with Crippen molar-refractivity contribution in [3.63, 3.8) is 0 Å². The Balaban J connectivity index is 2.04. The van der Waals surface area contributed by atoms with Gasteiger partial charge in [-0.3, -0.25) is 4.79 Å². The second kappa shape index (κ2) is 6.75. The van der Waals surface area contributed by atoms with Crippen LogP contribution < -0.4 is 0 Å². The van der Waals surface area contributed by atoms with Crippen LogP contribution in [0.25, 0.3) is 21.9 Å². The zero-order valence-electron chi connectivity index (χ0n) is 12.8. The van der Waals surface area contributed by atoms with E-state index in [-0.39, 0.29) is 6.42 Å². The number of carboxylic acid groups (broad SMARTS) is 1. The Morgan fingerprint density at radius 2 is 1.87 bits per heavy atom. The zero-order chi connectivity index (χ0) is 16.2. The third kappa shape index (κ3) is 3.66. The Hall–Kier alpha value is -2.46. The molecule has 0 spiro atoms. The summed E-state index contributed by atoms with van der Waals surface area (Å²) in [6.45, 7) is 2.05. The molecule has 1 heterocycles. The number of thiazole rings is 1. The molecule has 116 valence electrons. The van der Waals surface area contributed by atoms with Gasteiger partial charge in [-0.2, -0.15) is 0 Å². The monoisotopic (exact) mass is 323 g/mol. The van der Waals surface area contributed by atoms with Gasteiger partial charge in [0.2, 0.25) is 0 Å². The third-order valence-corrected chi connectivity index (χ3v) is 4.81. The van der Waals surface area contributed by atoms with E-state index in [1.165, 1.54) is 5.56 Å². The molecular weight excluding hydrogens is 306 g/mol. The van der Waals surface area contributed by atoms with Crippen molar-refractivity contribution in [2.24, 2.45) is 0 Å². The number of nitrogens with zero attached hydrogens (tertiary/aromatic N) is 1. The van der Waals surface area contributed by atoms with Gasteiger partial charge in [0, 0.05) is 6.42 Å². The third-order valence-electron chi connectivity index (χ3n) is 3.69. The van der Waals surface area contributed by atoms with E-state index in [4.69, 9.17) is 5.11 Å². The van der Waals surface area contributed by atoms with E-state index in [1.807, 2.05) is 42.5 Å². The molecule has 3 rings (SSSR count). The highest BCUT2D eigenvalue weighted by Crippen LogP contribution is 2.31. The van der Waals surface area contributed by atoms with E-state index in [0.717, 1.165) is 26.4 Å². The van der Waals surface area contributed by atoms with Gasteiger partial charge < -0.3 is 5.11 Å². The predicted octanol–water partition coefficient (Wildman–Crippen LogP) is 5.01. The first-order chi connectivity index (χ1) is 11.1. The fourth-order valence-electron chi connectivity index (χ4n) is 2.43. The van der Waals surface area contributed by atoms with Gasteiger partial charge in [0.05, 0.1) is 10.2 Å². The number of allylic oxidation sites excluding steroid dienone is 1. The molecule has 3 nitrogen and oxygen atoms in total. The van der Waals surface area contributed by atoms with E-state index < -0.39 is 5.97 Å². The minimum Gasteiger partial charge on any atom is -0.481 e. The van der Waals surface area contributed by atoms with Gasteiger partial charge in [-0.1, -0.05) is 36.4 Å². The molecule has 0 fully saturated rings. The van der Waals surface area contributed by atoms with Crippen LogP contribution in [0.5, 0.6) is 0 Å². The fourth-order valence-corrected chi connectivity index (χ4v) is 3.44. The molecule has 0 atom stereocenters. The molecule has 1 N–H and O–H groups in total. The van der Waals surface area contributed by atoms with Crippen molar-refractivity contribution in [3.8, 4) is 0 Å². The molecule has 3 aromatic rings. The van der Waals surface area contributed by atoms with Crippen LogP contribution in [0.15, 0.2) is 48.5 Å². The van der Waals surface area contributed by atoms with E-state index in [2.05, 4.69) is 24.1 Å². The number of aromatic nitrogens is 1. The summed E-state index contributed by atoms with van der Waals surface area (Å²) in [5.74, 6) is -0.790. The lowest BCUT2D eigenvalue weighted by molar-refractivity contribution is -0.136. The molecule has 4 heteroatoms. The minimum atomic E-state index is -0.790. The van der Waals surface area contributed by atoms with E-state index >= 15 is 0 Å². The highest BCUT2D eigenvalue weighted by atomic mass is 32.1. The molecule has 0 saturated heterocycles. The minimum absolute atomic E-state index is 0.105. The van der Waals surface area contributed by atoms with Crippen molar-refractivity contribution in [3.05, 3.63) is 64.7 Å². The Morgan fingerprint density at radius 3 is 2.61 bits per heavy atom. The average Bonchev–Trinajstić information content (AvgIpc) is 2.96. The van der Waals surface area contributed by atoms with E-state index in [9.17, 15) is 4.79 Å². The molecule has 0 unspecified atom stereocenters. The topological polar surface area (TPSA) is 50.2 Å². The largest absolute Gasteiger partial charge is 0.481 e. The van der Waals surface area contributed by atoms with Gasteiger partial charge >= 0.3 is 5.97 Å². The van der Waals surface area contributed by atoms with Crippen LogP contribution >= 0.6 is 11.3 Å². The van der Waals surface area contributed by atoms with Gasteiger partial charge in [-0.15, -0.1) is 11.3 Å². The average molecular weight is 323 g/mol. The number of carbonyl (C=O) groups is 1. The molecule has 0 aliphatic carbocycles. The molecule has 0 bridgehead atoms. The first kappa shape index (κ1) is 15.4. The Bertz CT molecular complexity index is 847. The Kier molecular flexibility index (Phi) is 4.53. The standard InChI is InChI=1S/C19H17NO2S/c1-13-6-2-3-7-14(13)12-15(10-11-18(21)22)19-20-16-8-4-5-9-17(16)23-19/h2-9,12H,10-11H2,1H3,(H,21,22)/b15-12+. The van der Waals surface area contributed by atoms with Crippen molar-refractivity contribution in [1.82, 2.24) is 4.98 Å². The lowest BCUT2D eigenvalue weighted by Crippen LogP contribution is -1.96. The second-order valence-electron chi connectivity index (χ2n) is 5.41. The number of hydrogen-bond donors (Lipinski definition) is 1. The molecule has 0 amide bonds. The normalized spacial score (nSPS) is 11.8. The van der Waals surface area contributed by atoms with Crippen LogP contribution in [0.2, 0.25) is 0 Å². The molecular formula is C19H17NO2S. The van der Waals surface area contributed by atoms with Crippen LogP contribution in [-0.2, 0) is 4.79 Å². The first-order valence-corrected chi connectivity index (χ1v) is 8.29. The molecule has 0 radical (unpaired) electrons. The number of rotatable bonds is 5. The van der Waals surface area contributed by atoms with Crippen LogP contribution in [0, 0.1) is 6.92 Å². The quantitative estimate of drug-likeness (QED) is 0.718. The van der Waals surface area contributed by atoms with E-state index in [1.54, 1.807) is 11.3 Å². The first-order valence-electron chi connectivity index (χ1n) is 7.47. The summed E-state index contributed by atoms with van der Waals surface area (Å²) in [7, 11) is 0. The smallest absolute Gasteiger partial charge is 0.303 e. The van der Waals surface area contributed by atoms with E-state index in [0.29, 0.717) is 6.42 Å². The summed E-state index contributed by atoms with van der Waals surface area (Å²) in [4.78, 5) is 15.7. The Morgan fingerprint density at radius 1 is 1.13 bits per heavy atom. The Labute approximate surface area is 138 Å². The van der Waals surface area contributed by atoms with Crippen molar-refractivity contribution in [2.45, 2.75) is 19.8 Å². The van der Waals surface area contributed by atoms with Crippen LogP contribution in [-0.4, -0.2) is 16.1 Å². The van der Waals surface area contributed by atoms with Gasteiger partial charge in [0.1, 0.15) is 5.01 Å². The molecule has 0 aliphatic rings. The van der Waals surface area contributed by atoms with Crippen molar-refractivity contribution in [1.29, 1.82) is 0 Å². The maximum absolute atomic E-state index is 11.0. The van der Waals surface area contributed by atoms with Crippen LogP contribution in [0.3, 0.4) is 0 Å². The van der Waals surface area contributed by atoms with Crippen molar-refractivity contribution >= 4 is 39.2 Å². The molecule has 2 aromatic carbocycles. The lowest BCUT2D eigenvalue weighted by atomic mass is 10.0. The number of benzene rings is 2. The summed E-state index contributed by atoms with van der Waals surface area (Å²) in [5.41, 5.74) is 4.20. The molecule has 0 aliphatic heterocycles. The SMILES string of the molecule is Cc1ccccc1/C=C(\CCC(=O)O)c1nc2ccccc2s1. The molecule has 23 heavy (non-hydrogen) atoms. The lowest BCUT2D eigenvalue weighted by Gasteiger charge is -2.05. The second-order valence-corrected chi connectivity index (χ2v) is 6.44. The number of fused-ring (bicyclic) bond motifs is 1. The summed E-state index contributed by atoms with van der Waals surface area (Å²) in [5, 5.41) is 9.92. The summed E-state index contributed by atoms with van der Waals surface area (Å²) < 4.78 is 1.12. The number of aryl methyl sites for hydroxylation is 1. The van der Waals surface area contributed by atoms with Gasteiger partial charge in [0.15, 0.2) is 0 Å². The number of aliphatic carboxylic acids is 1. The molecule has 0 saturated carbocycles. The van der Waals surface area contributed by atoms with Crippen molar-refractivity contribution < 1.29 is 9.90 Å². The zero-order valence-corrected chi connectivity index (χ0v) is 13.6. The maximum Gasteiger partial charge on any atom is 0.303 e. The number of hydrogen-bond acceptors (Lipinski definition) is 3. The number of carboxylic acids is 1. The predicted molar refractivity (Wildman–Crippen MR) is 95.5 cm³/mol. The number of para-hydroxylation sites is 1. The summed E-state index contributed by atoms with van der Waals surface area (Å²) in [6, 6.07) is 16.1. The highest BCUT2D eigenvalue weighted by Gasteiger charge is 2.11. The maximum atomic E-state index is 11.0. The van der Waals surface area contributed by atoms with Crippen LogP contribution in [0.1, 0.15) is 29.0 Å². The van der Waals surface area contributed by atoms with Crippen molar-refractivity contribution in [2.75, 3.05) is 0 Å². The van der Waals surface area contributed by atoms with Crippen LogP contribution in [0.4, 0.5) is 0 Å². The summed E-state index contributed by atoms with van der Waals surface area (Å²) in [6.07, 6.45) is 2.65. The fraction of sp³-hybridized carbons (Fsp3) is 0.158. The molecule has 1 aromatic heterocycles. The highest BCUT2D eigenvalue weighted by molar-refractivity contribution is 7.19. The summed E-state index contributed by atoms with van der Waals surface area (Å²) >= 11 is 1.61. The van der Waals surface area contributed by atoms with Gasteiger partial charge in [-0.05, 0) is 48.3 Å². The van der Waals surface area contributed by atoms with Gasteiger partial charge in [0.25, 0.3) is 0 Å². The van der Waals surface area contributed by atoms with Gasteiger partial charge in [-0.25, -0.2) is 4.98 Å².